The third-order valence-corrected chi connectivity index (χ3v) is 7.16. The van der Waals surface area contributed by atoms with Crippen molar-refractivity contribution in [1.29, 1.82) is 5.26 Å². The molecular formula is C33H25N3. The summed E-state index contributed by atoms with van der Waals surface area (Å²) >= 11 is 0. The van der Waals surface area contributed by atoms with Crippen LogP contribution in [0.25, 0.3) is 22.4 Å². The molecule has 4 aromatic carbocycles. The van der Waals surface area contributed by atoms with Crippen LogP contribution in [0.3, 0.4) is 0 Å². The third kappa shape index (κ3) is 3.39. The number of nitriles is 1. The summed E-state index contributed by atoms with van der Waals surface area (Å²) in [6, 6.07) is 40.1. The van der Waals surface area contributed by atoms with Crippen molar-refractivity contribution in [2.75, 3.05) is 4.90 Å². The molecule has 0 N–H and O–H groups in total. The van der Waals surface area contributed by atoms with Gasteiger partial charge < -0.3 is 4.90 Å². The lowest BCUT2D eigenvalue weighted by Crippen LogP contribution is -2.30. The highest BCUT2D eigenvalue weighted by molar-refractivity contribution is 5.95. The van der Waals surface area contributed by atoms with Gasteiger partial charge in [0.1, 0.15) is 0 Å². The Hall–Kier alpha value is -4.68. The molecule has 0 fully saturated rings. The second-order valence-corrected chi connectivity index (χ2v) is 9.60. The molecule has 5 aromatic rings. The summed E-state index contributed by atoms with van der Waals surface area (Å²) in [6.07, 6.45) is 1.70. The molecule has 2 heterocycles. The first-order valence-electron chi connectivity index (χ1n) is 12.1. The van der Waals surface area contributed by atoms with E-state index >= 15 is 0 Å². The number of benzene rings is 4. The Bertz CT molecular complexity index is 1590. The average molecular weight is 464 g/mol. The molecule has 0 radical (unpaired) electrons. The van der Waals surface area contributed by atoms with Crippen molar-refractivity contribution in [2.24, 2.45) is 0 Å². The Kier molecular flexibility index (Phi) is 5.16. The van der Waals surface area contributed by atoms with Gasteiger partial charge in [-0.15, -0.1) is 0 Å². The highest BCUT2D eigenvalue weighted by Crippen LogP contribution is 2.53. The van der Waals surface area contributed by atoms with Crippen LogP contribution in [-0.2, 0) is 5.41 Å². The van der Waals surface area contributed by atoms with Crippen LogP contribution in [0.4, 0.5) is 17.1 Å². The molecule has 3 nitrogen and oxygen atoms in total. The van der Waals surface area contributed by atoms with E-state index in [1.165, 1.54) is 22.5 Å². The summed E-state index contributed by atoms with van der Waals surface area (Å²) in [6.45, 7) is 4.61. The fraction of sp³-hybridized carbons (Fsp3) is 0.0909. The molecule has 1 aliphatic rings. The Labute approximate surface area is 211 Å². The van der Waals surface area contributed by atoms with Gasteiger partial charge in [-0.05, 0) is 47.0 Å². The first-order chi connectivity index (χ1) is 17.6. The van der Waals surface area contributed by atoms with Crippen molar-refractivity contribution in [2.45, 2.75) is 19.3 Å². The van der Waals surface area contributed by atoms with Gasteiger partial charge in [-0.2, -0.15) is 5.26 Å². The lowest BCUT2D eigenvalue weighted by molar-refractivity contribution is 0.632. The maximum absolute atomic E-state index is 9.45. The summed E-state index contributed by atoms with van der Waals surface area (Å²) < 4.78 is 0. The molecule has 0 bridgehead atoms. The van der Waals surface area contributed by atoms with Crippen LogP contribution < -0.4 is 4.90 Å². The van der Waals surface area contributed by atoms with Crippen LogP contribution in [0.15, 0.2) is 115 Å². The van der Waals surface area contributed by atoms with E-state index in [1.807, 2.05) is 12.1 Å². The zero-order chi connectivity index (χ0) is 24.7. The van der Waals surface area contributed by atoms with Gasteiger partial charge in [0.05, 0.1) is 34.4 Å². The van der Waals surface area contributed by atoms with E-state index < -0.39 is 0 Å². The predicted octanol–water partition coefficient (Wildman–Crippen LogP) is 8.40. The molecule has 0 atom stereocenters. The van der Waals surface area contributed by atoms with Crippen LogP contribution >= 0.6 is 0 Å². The number of pyridine rings is 1. The van der Waals surface area contributed by atoms with E-state index in [0.29, 0.717) is 5.56 Å². The Morgan fingerprint density at radius 3 is 1.81 bits per heavy atom. The molecule has 172 valence electrons. The lowest BCUT2D eigenvalue weighted by Gasteiger charge is -2.42. The predicted molar refractivity (Wildman–Crippen MR) is 147 cm³/mol. The fourth-order valence-corrected chi connectivity index (χ4v) is 5.41. The number of hydrogen-bond donors (Lipinski definition) is 0. The summed E-state index contributed by atoms with van der Waals surface area (Å²) in [5.74, 6) is 0. The Balaban J connectivity index is 1.61. The molecule has 0 aliphatic carbocycles. The largest absolute Gasteiger partial charge is 0.309 e. The zero-order valence-electron chi connectivity index (χ0n) is 20.3. The number of aromatic nitrogens is 1. The number of fused-ring (bicyclic) bond motifs is 2. The van der Waals surface area contributed by atoms with Crippen molar-refractivity contribution >= 4 is 17.1 Å². The van der Waals surface area contributed by atoms with Crippen molar-refractivity contribution in [3.8, 4) is 28.5 Å². The van der Waals surface area contributed by atoms with E-state index in [2.05, 4.69) is 121 Å². The van der Waals surface area contributed by atoms with Gasteiger partial charge in [0.15, 0.2) is 0 Å². The number of anilines is 3. The standard InChI is InChI=1S/C33H25N3/c1-33(2)27-14-6-9-17-31(27)36(32-18-10-7-15-28(32)33)30-16-8-5-13-26(30)24-11-3-4-12-25(24)29-21-23(22-34)19-20-35-29/h3-21H,1-2H3. The monoisotopic (exact) mass is 463 g/mol. The number of para-hydroxylation sites is 3. The first-order valence-corrected chi connectivity index (χ1v) is 12.1. The van der Waals surface area contributed by atoms with Crippen LogP contribution in [0.2, 0.25) is 0 Å². The molecule has 1 aliphatic heterocycles. The second-order valence-electron chi connectivity index (χ2n) is 9.60. The van der Waals surface area contributed by atoms with E-state index in [1.54, 1.807) is 12.3 Å². The van der Waals surface area contributed by atoms with E-state index in [-0.39, 0.29) is 5.41 Å². The van der Waals surface area contributed by atoms with Crippen molar-refractivity contribution in [3.05, 3.63) is 132 Å². The van der Waals surface area contributed by atoms with Crippen molar-refractivity contribution < 1.29 is 0 Å². The number of nitrogens with zero attached hydrogens (tertiary/aromatic N) is 3. The number of hydrogen-bond acceptors (Lipinski definition) is 3. The molecule has 1 aromatic heterocycles. The Morgan fingerprint density at radius 2 is 1.17 bits per heavy atom. The first kappa shape index (κ1) is 21.8. The molecule has 3 heteroatoms. The molecule has 0 unspecified atom stereocenters. The van der Waals surface area contributed by atoms with Gasteiger partial charge in [0.25, 0.3) is 0 Å². The smallest absolute Gasteiger partial charge is 0.0992 e. The van der Waals surface area contributed by atoms with E-state index in [9.17, 15) is 5.26 Å². The normalized spacial score (nSPS) is 13.4. The summed E-state index contributed by atoms with van der Waals surface area (Å²) in [5.41, 5.74) is 10.6. The minimum Gasteiger partial charge on any atom is -0.309 e. The van der Waals surface area contributed by atoms with Gasteiger partial charge >= 0.3 is 0 Å². The van der Waals surface area contributed by atoms with E-state index in [0.717, 1.165) is 28.1 Å². The average Bonchev–Trinajstić information content (AvgIpc) is 2.94. The van der Waals surface area contributed by atoms with Crippen LogP contribution in [0.1, 0.15) is 30.5 Å². The molecule has 36 heavy (non-hydrogen) atoms. The van der Waals surface area contributed by atoms with Gasteiger partial charge in [0, 0.05) is 22.7 Å². The quantitative estimate of drug-likeness (QED) is 0.270. The van der Waals surface area contributed by atoms with Gasteiger partial charge in [-0.1, -0.05) is 92.7 Å². The van der Waals surface area contributed by atoms with Crippen LogP contribution in [0, 0.1) is 11.3 Å². The summed E-state index contributed by atoms with van der Waals surface area (Å²) in [4.78, 5) is 7.00. The maximum Gasteiger partial charge on any atom is 0.0992 e. The van der Waals surface area contributed by atoms with Crippen molar-refractivity contribution in [3.63, 3.8) is 0 Å². The van der Waals surface area contributed by atoms with Gasteiger partial charge in [-0.25, -0.2) is 0 Å². The summed E-state index contributed by atoms with van der Waals surface area (Å²) in [7, 11) is 0. The van der Waals surface area contributed by atoms with Gasteiger partial charge in [0.2, 0.25) is 0 Å². The molecule has 0 amide bonds. The maximum atomic E-state index is 9.45. The molecule has 0 spiro atoms. The fourth-order valence-electron chi connectivity index (χ4n) is 5.41. The molecule has 0 saturated carbocycles. The molecule has 0 saturated heterocycles. The van der Waals surface area contributed by atoms with Crippen LogP contribution in [-0.4, -0.2) is 4.98 Å². The molecule has 6 rings (SSSR count). The minimum atomic E-state index is -0.113. The second kappa shape index (κ2) is 8.52. The number of rotatable bonds is 3. The zero-order valence-corrected chi connectivity index (χ0v) is 20.3. The Morgan fingerprint density at radius 1 is 0.639 bits per heavy atom. The van der Waals surface area contributed by atoms with Gasteiger partial charge in [-0.3, -0.25) is 4.98 Å². The third-order valence-electron chi connectivity index (χ3n) is 7.16. The lowest BCUT2D eigenvalue weighted by atomic mass is 9.73. The van der Waals surface area contributed by atoms with Crippen molar-refractivity contribution in [1.82, 2.24) is 4.98 Å². The topological polar surface area (TPSA) is 39.9 Å². The van der Waals surface area contributed by atoms with Crippen LogP contribution in [0.5, 0.6) is 0 Å². The van der Waals surface area contributed by atoms with E-state index in [4.69, 9.17) is 0 Å². The summed E-state index contributed by atoms with van der Waals surface area (Å²) in [5, 5.41) is 9.45. The highest BCUT2D eigenvalue weighted by Gasteiger charge is 2.37. The minimum absolute atomic E-state index is 0.113. The SMILES string of the molecule is CC1(C)c2ccccc2N(c2ccccc2-c2ccccc2-c2cc(C#N)ccn2)c2ccccc21. The highest BCUT2D eigenvalue weighted by atomic mass is 15.2. The molecular weight excluding hydrogens is 438 g/mol.